The van der Waals surface area contributed by atoms with E-state index >= 15 is 0 Å². The summed E-state index contributed by atoms with van der Waals surface area (Å²) >= 11 is 0. The Labute approximate surface area is 111 Å². The summed E-state index contributed by atoms with van der Waals surface area (Å²) < 4.78 is 10.3. The van der Waals surface area contributed by atoms with Crippen molar-refractivity contribution in [2.75, 3.05) is 7.11 Å². The van der Waals surface area contributed by atoms with Crippen molar-refractivity contribution >= 4 is 24.2 Å². The van der Waals surface area contributed by atoms with Gasteiger partial charge in [0.1, 0.15) is 5.84 Å². The van der Waals surface area contributed by atoms with Crippen LogP contribution >= 0.6 is 12.4 Å². The second kappa shape index (κ2) is 6.70. The summed E-state index contributed by atoms with van der Waals surface area (Å²) in [6.07, 6.45) is -1.05. The number of halogens is 1. The highest BCUT2D eigenvalue weighted by molar-refractivity contribution is 5.98. The summed E-state index contributed by atoms with van der Waals surface area (Å²) in [6.45, 7) is 1.39. The molecule has 0 fully saturated rings. The number of nitrogen functional groups attached to an aromatic ring is 1. The number of carbonyl (C=O) groups is 1. The van der Waals surface area contributed by atoms with Gasteiger partial charge < -0.3 is 20.3 Å². The van der Waals surface area contributed by atoms with E-state index in [-0.39, 0.29) is 24.0 Å². The van der Waals surface area contributed by atoms with Gasteiger partial charge in [0, 0.05) is 0 Å². The van der Waals surface area contributed by atoms with Crippen molar-refractivity contribution in [3.63, 3.8) is 0 Å². The minimum atomic E-state index is -1.11. The predicted molar refractivity (Wildman–Crippen MR) is 69.0 cm³/mol. The number of para-hydroxylation sites is 1. The normalized spacial score (nSPS) is 11.0. The van der Waals surface area contributed by atoms with Gasteiger partial charge in [0.15, 0.2) is 17.6 Å². The first-order valence-corrected chi connectivity index (χ1v) is 4.88. The summed E-state index contributed by atoms with van der Waals surface area (Å²) in [4.78, 5) is 10.7. The number of rotatable bonds is 5. The summed E-state index contributed by atoms with van der Waals surface area (Å²) in [5.41, 5.74) is 5.69. The minimum Gasteiger partial charge on any atom is -0.493 e. The summed E-state index contributed by atoms with van der Waals surface area (Å²) in [7, 11) is 1.43. The highest BCUT2D eigenvalue weighted by Crippen LogP contribution is 2.31. The van der Waals surface area contributed by atoms with Gasteiger partial charge >= 0.3 is 5.97 Å². The maximum atomic E-state index is 10.7. The van der Waals surface area contributed by atoms with Crippen LogP contribution in [0.4, 0.5) is 0 Å². The number of carboxylic acid groups (broad SMARTS) is 1. The van der Waals surface area contributed by atoms with Crippen molar-refractivity contribution in [1.29, 1.82) is 5.41 Å². The molecule has 6 nitrogen and oxygen atoms in total. The Morgan fingerprint density at radius 2 is 2.11 bits per heavy atom. The number of carboxylic acids is 1. The Kier molecular flexibility index (Phi) is 5.98. The van der Waals surface area contributed by atoms with E-state index in [1.165, 1.54) is 14.0 Å². The van der Waals surface area contributed by atoms with E-state index in [1.807, 2.05) is 0 Å². The van der Waals surface area contributed by atoms with Crippen LogP contribution in [0.1, 0.15) is 12.5 Å². The standard InChI is InChI=1S/C11H14N2O4.ClH/c1-6(11(14)15)17-9-7(10(12)13)4-3-5-8(9)16-2;/h3-6H,1-2H3,(H3,12,13)(H,14,15);1H. The van der Waals surface area contributed by atoms with E-state index in [2.05, 4.69) is 0 Å². The molecule has 4 N–H and O–H groups in total. The van der Waals surface area contributed by atoms with Crippen LogP contribution in [0.5, 0.6) is 11.5 Å². The monoisotopic (exact) mass is 274 g/mol. The Hall–Kier alpha value is -1.95. The maximum absolute atomic E-state index is 10.7. The summed E-state index contributed by atoms with van der Waals surface area (Å²) in [5, 5.41) is 16.2. The highest BCUT2D eigenvalue weighted by Gasteiger charge is 2.19. The van der Waals surface area contributed by atoms with Crippen molar-refractivity contribution in [3.8, 4) is 11.5 Å². The van der Waals surface area contributed by atoms with Gasteiger partial charge in [0.05, 0.1) is 12.7 Å². The highest BCUT2D eigenvalue weighted by atomic mass is 35.5. The average Bonchev–Trinajstić information content (AvgIpc) is 2.28. The zero-order chi connectivity index (χ0) is 13.0. The predicted octanol–water partition coefficient (Wildman–Crippen LogP) is 1.25. The van der Waals surface area contributed by atoms with Crippen molar-refractivity contribution in [3.05, 3.63) is 23.8 Å². The molecule has 0 spiro atoms. The summed E-state index contributed by atoms with van der Waals surface area (Å²) in [6, 6.07) is 4.82. The largest absolute Gasteiger partial charge is 0.493 e. The molecular formula is C11H15ClN2O4. The fourth-order valence-electron chi connectivity index (χ4n) is 1.24. The SMILES string of the molecule is COc1cccc(C(=N)N)c1OC(C)C(=O)O.Cl. The molecule has 0 aromatic heterocycles. The number of hydrogen-bond acceptors (Lipinski definition) is 4. The van der Waals surface area contributed by atoms with Crippen LogP contribution < -0.4 is 15.2 Å². The number of nitrogens with two attached hydrogens (primary N) is 1. The molecule has 7 heteroatoms. The van der Waals surface area contributed by atoms with Crippen LogP contribution in [0.3, 0.4) is 0 Å². The molecule has 18 heavy (non-hydrogen) atoms. The fourth-order valence-corrected chi connectivity index (χ4v) is 1.24. The smallest absolute Gasteiger partial charge is 0.344 e. The van der Waals surface area contributed by atoms with Crippen LogP contribution in [-0.4, -0.2) is 30.1 Å². The third-order valence-corrected chi connectivity index (χ3v) is 2.13. The van der Waals surface area contributed by atoms with Crippen LogP contribution in [0, 0.1) is 5.41 Å². The van der Waals surface area contributed by atoms with Crippen LogP contribution in [0.15, 0.2) is 18.2 Å². The third kappa shape index (κ3) is 3.53. The van der Waals surface area contributed by atoms with E-state index in [0.717, 1.165) is 0 Å². The average molecular weight is 275 g/mol. The minimum absolute atomic E-state index is 0. The molecule has 0 saturated heterocycles. The van der Waals surface area contributed by atoms with Crippen molar-refractivity contribution in [1.82, 2.24) is 0 Å². The number of ether oxygens (including phenoxy) is 2. The Morgan fingerprint density at radius 3 is 2.56 bits per heavy atom. The maximum Gasteiger partial charge on any atom is 0.344 e. The molecule has 1 rings (SSSR count). The third-order valence-electron chi connectivity index (χ3n) is 2.13. The second-order valence-electron chi connectivity index (χ2n) is 3.35. The number of benzene rings is 1. The number of amidine groups is 1. The van der Waals surface area contributed by atoms with E-state index < -0.39 is 12.1 Å². The molecule has 0 heterocycles. The Balaban J connectivity index is 0.00000289. The molecule has 0 aliphatic rings. The summed E-state index contributed by atoms with van der Waals surface area (Å²) in [5.74, 6) is -0.815. The van der Waals surface area contributed by atoms with Crippen LogP contribution in [0.2, 0.25) is 0 Å². The molecule has 0 bridgehead atoms. The molecule has 1 aromatic carbocycles. The van der Waals surface area contributed by atoms with Gasteiger partial charge in [-0.1, -0.05) is 6.07 Å². The van der Waals surface area contributed by atoms with Crippen molar-refractivity contribution in [2.24, 2.45) is 5.73 Å². The van der Waals surface area contributed by atoms with Gasteiger partial charge in [-0.3, -0.25) is 5.41 Å². The fraction of sp³-hybridized carbons (Fsp3) is 0.273. The van der Waals surface area contributed by atoms with E-state index in [0.29, 0.717) is 11.3 Å². The van der Waals surface area contributed by atoms with Gasteiger partial charge in [-0.05, 0) is 19.1 Å². The van der Waals surface area contributed by atoms with Crippen LogP contribution in [-0.2, 0) is 4.79 Å². The lowest BCUT2D eigenvalue weighted by Crippen LogP contribution is -2.25. The molecule has 1 unspecified atom stereocenters. The first-order valence-electron chi connectivity index (χ1n) is 4.88. The molecule has 0 aliphatic carbocycles. The molecule has 1 aromatic rings. The molecule has 0 amide bonds. The number of hydrogen-bond donors (Lipinski definition) is 3. The van der Waals surface area contributed by atoms with Gasteiger partial charge in [0.25, 0.3) is 0 Å². The van der Waals surface area contributed by atoms with Gasteiger partial charge in [-0.25, -0.2) is 4.79 Å². The van der Waals surface area contributed by atoms with E-state index in [1.54, 1.807) is 18.2 Å². The Bertz CT molecular complexity index is 451. The topological polar surface area (TPSA) is 106 Å². The lowest BCUT2D eigenvalue weighted by Gasteiger charge is -2.16. The molecule has 0 aliphatic heterocycles. The first kappa shape index (κ1) is 16.1. The van der Waals surface area contributed by atoms with E-state index in [4.69, 9.17) is 25.7 Å². The lowest BCUT2D eigenvalue weighted by molar-refractivity contribution is -0.144. The molecule has 0 radical (unpaired) electrons. The van der Waals surface area contributed by atoms with Crippen molar-refractivity contribution in [2.45, 2.75) is 13.0 Å². The molecule has 1 atom stereocenters. The molecule has 0 saturated carbocycles. The molecule has 100 valence electrons. The van der Waals surface area contributed by atoms with Crippen molar-refractivity contribution < 1.29 is 19.4 Å². The first-order chi connectivity index (χ1) is 7.97. The van der Waals surface area contributed by atoms with Gasteiger partial charge in [0.2, 0.25) is 0 Å². The Morgan fingerprint density at radius 1 is 1.50 bits per heavy atom. The van der Waals surface area contributed by atoms with Gasteiger partial charge in [-0.2, -0.15) is 0 Å². The number of nitrogens with one attached hydrogen (secondary N) is 1. The quantitative estimate of drug-likeness (QED) is 0.553. The van der Waals surface area contributed by atoms with Crippen LogP contribution in [0.25, 0.3) is 0 Å². The second-order valence-corrected chi connectivity index (χ2v) is 3.35. The zero-order valence-corrected chi connectivity index (χ0v) is 10.8. The number of methoxy groups -OCH3 is 1. The van der Waals surface area contributed by atoms with E-state index in [9.17, 15) is 4.79 Å². The molecular weight excluding hydrogens is 260 g/mol. The zero-order valence-electron chi connectivity index (χ0n) is 9.97. The number of aliphatic carboxylic acids is 1. The lowest BCUT2D eigenvalue weighted by atomic mass is 10.1. The van der Waals surface area contributed by atoms with Gasteiger partial charge in [-0.15, -0.1) is 12.4 Å².